The molecule has 4 nitrogen and oxygen atoms in total. The van der Waals surface area contributed by atoms with Gasteiger partial charge in [-0.15, -0.1) is 11.3 Å². The van der Waals surface area contributed by atoms with Crippen LogP contribution in [-0.4, -0.2) is 26.6 Å². The lowest BCUT2D eigenvalue weighted by molar-refractivity contribution is 0.0921. The van der Waals surface area contributed by atoms with Crippen LogP contribution >= 0.6 is 11.3 Å². The van der Waals surface area contributed by atoms with Crippen LogP contribution in [0.4, 0.5) is 0 Å². The Bertz CT molecular complexity index is 623. The minimum absolute atomic E-state index is 0.00661. The predicted molar refractivity (Wildman–Crippen MR) is 83.2 cm³/mol. The number of thiophene rings is 1. The van der Waals surface area contributed by atoms with E-state index in [4.69, 9.17) is 14.2 Å². The Labute approximate surface area is 128 Å². The number of Topliss-reactive ketones (excluding diaryl/α,β-unsaturated/α-hetero) is 1. The summed E-state index contributed by atoms with van der Waals surface area (Å²) in [6.07, 6.45) is 0. The maximum atomic E-state index is 12.2. The second-order valence-corrected chi connectivity index (χ2v) is 6.05. The molecule has 21 heavy (non-hydrogen) atoms. The van der Waals surface area contributed by atoms with E-state index >= 15 is 0 Å². The second kappa shape index (κ2) is 6.63. The van der Waals surface area contributed by atoms with E-state index in [2.05, 4.69) is 0 Å². The van der Waals surface area contributed by atoms with E-state index in [0.29, 0.717) is 17.2 Å². The fourth-order valence-corrected chi connectivity index (χ4v) is 2.94. The fraction of sp³-hybridized carbons (Fsp3) is 0.312. The lowest BCUT2D eigenvalue weighted by atomic mass is 10.2. The molecule has 0 spiro atoms. The zero-order valence-electron chi connectivity index (χ0n) is 12.6. The minimum Gasteiger partial charge on any atom is -0.496 e. The number of carbonyl (C=O) groups excluding carboxylic acids is 1. The first-order valence-corrected chi connectivity index (χ1v) is 7.31. The van der Waals surface area contributed by atoms with Gasteiger partial charge >= 0.3 is 0 Å². The molecule has 0 saturated heterocycles. The molecule has 2 aromatic rings. The van der Waals surface area contributed by atoms with Crippen molar-refractivity contribution in [2.45, 2.75) is 13.8 Å². The normalized spacial score (nSPS) is 10.3. The number of carbonyl (C=O) groups is 1. The third-order valence-electron chi connectivity index (χ3n) is 3.04. The van der Waals surface area contributed by atoms with Crippen LogP contribution < -0.4 is 14.2 Å². The molecule has 0 aliphatic carbocycles. The maximum absolute atomic E-state index is 12.2. The zero-order valence-corrected chi connectivity index (χ0v) is 13.4. The standard InChI is InChI=1S/C16H18O4S/c1-10-5-15(11(2)21-10)16(17)9-20-14-7-12(18-3)6-13(8-14)19-4/h5-8H,9H2,1-4H3. The van der Waals surface area contributed by atoms with Crippen LogP contribution in [0.3, 0.4) is 0 Å². The molecule has 0 aliphatic heterocycles. The Kier molecular flexibility index (Phi) is 4.85. The summed E-state index contributed by atoms with van der Waals surface area (Å²) in [5, 5.41) is 0. The second-order valence-electron chi connectivity index (χ2n) is 4.59. The van der Waals surface area contributed by atoms with Gasteiger partial charge in [-0.1, -0.05) is 0 Å². The van der Waals surface area contributed by atoms with Crippen LogP contribution in [0.15, 0.2) is 24.3 Å². The summed E-state index contributed by atoms with van der Waals surface area (Å²) in [5.74, 6) is 1.77. The summed E-state index contributed by atoms with van der Waals surface area (Å²) in [4.78, 5) is 14.3. The van der Waals surface area contributed by atoms with Gasteiger partial charge in [-0.25, -0.2) is 0 Å². The zero-order chi connectivity index (χ0) is 15.4. The van der Waals surface area contributed by atoms with Crippen LogP contribution in [0.1, 0.15) is 20.1 Å². The van der Waals surface area contributed by atoms with Gasteiger partial charge in [-0.05, 0) is 19.9 Å². The molecule has 112 valence electrons. The van der Waals surface area contributed by atoms with Gasteiger partial charge in [-0.3, -0.25) is 4.79 Å². The molecule has 1 heterocycles. The molecule has 5 heteroatoms. The van der Waals surface area contributed by atoms with E-state index in [1.54, 1.807) is 43.8 Å². The monoisotopic (exact) mass is 306 g/mol. The number of rotatable bonds is 6. The van der Waals surface area contributed by atoms with Gasteiger partial charge in [-0.2, -0.15) is 0 Å². The third-order valence-corrected chi connectivity index (χ3v) is 4.00. The molecule has 1 aromatic heterocycles. The summed E-state index contributed by atoms with van der Waals surface area (Å²) in [6, 6.07) is 7.10. The van der Waals surface area contributed by atoms with Gasteiger partial charge in [0.25, 0.3) is 0 Å². The molecule has 0 N–H and O–H groups in total. The van der Waals surface area contributed by atoms with E-state index in [1.807, 2.05) is 19.9 Å². The van der Waals surface area contributed by atoms with Crippen LogP contribution in [0, 0.1) is 13.8 Å². The van der Waals surface area contributed by atoms with Crippen molar-refractivity contribution in [3.63, 3.8) is 0 Å². The van der Waals surface area contributed by atoms with Gasteiger partial charge in [0.15, 0.2) is 6.61 Å². The Morgan fingerprint density at radius 2 is 1.57 bits per heavy atom. The first kappa shape index (κ1) is 15.4. The van der Waals surface area contributed by atoms with Crippen LogP contribution in [0.5, 0.6) is 17.2 Å². The lowest BCUT2D eigenvalue weighted by Gasteiger charge is -2.09. The highest BCUT2D eigenvalue weighted by Crippen LogP contribution is 2.28. The molecule has 0 amide bonds. The highest BCUT2D eigenvalue weighted by Gasteiger charge is 2.13. The largest absolute Gasteiger partial charge is 0.496 e. The Morgan fingerprint density at radius 3 is 2.05 bits per heavy atom. The molecule has 0 unspecified atom stereocenters. The predicted octanol–water partition coefficient (Wildman–Crippen LogP) is 3.64. The molecule has 0 aliphatic rings. The number of ketones is 1. The molecule has 2 rings (SSSR count). The van der Waals surface area contributed by atoms with E-state index in [0.717, 1.165) is 15.3 Å². The van der Waals surface area contributed by atoms with Crippen LogP contribution in [-0.2, 0) is 0 Å². The number of benzene rings is 1. The molecule has 0 saturated carbocycles. The molecule has 0 atom stereocenters. The third kappa shape index (κ3) is 3.76. The van der Waals surface area contributed by atoms with Gasteiger partial charge in [0.2, 0.25) is 5.78 Å². The van der Waals surface area contributed by atoms with Crippen LogP contribution in [0.25, 0.3) is 0 Å². The molecule has 0 bridgehead atoms. The number of methoxy groups -OCH3 is 2. The highest BCUT2D eigenvalue weighted by molar-refractivity contribution is 7.12. The average Bonchev–Trinajstić information content (AvgIpc) is 2.83. The Morgan fingerprint density at radius 1 is 1.00 bits per heavy atom. The van der Waals surface area contributed by atoms with Crippen molar-refractivity contribution in [2.75, 3.05) is 20.8 Å². The summed E-state index contributed by atoms with van der Waals surface area (Å²) >= 11 is 1.61. The molecular formula is C16H18O4S. The summed E-state index contributed by atoms with van der Waals surface area (Å²) < 4.78 is 15.9. The number of aryl methyl sites for hydroxylation is 2. The maximum Gasteiger partial charge on any atom is 0.201 e. The highest BCUT2D eigenvalue weighted by atomic mass is 32.1. The van der Waals surface area contributed by atoms with Gasteiger partial charge in [0.1, 0.15) is 17.2 Å². The van der Waals surface area contributed by atoms with Crippen LogP contribution in [0.2, 0.25) is 0 Å². The van der Waals surface area contributed by atoms with E-state index < -0.39 is 0 Å². The molecular weight excluding hydrogens is 288 g/mol. The fourth-order valence-electron chi connectivity index (χ4n) is 2.00. The van der Waals surface area contributed by atoms with Gasteiger partial charge in [0.05, 0.1) is 14.2 Å². The van der Waals surface area contributed by atoms with Crippen molar-refractivity contribution < 1.29 is 19.0 Å². The van der Waals surface area contributed by atoms with Crippen molar-refractivity contribution in [1.82, 2.24) is 0 Å². The summed E-state index contributed by atoms with van der Waals surface area (Å²) in [6.45, 7) is 3.93. The first-order valence-electron chi connectivity index (χ1n) is 6.49. The summed E-state index contributed by atoms with van der Waals surface area (Å²) in [7, 11) is 3.14. The smallest absolute Gasteiger partial charge is 0.201 e. The molecule has 0 radical (unpaired) electrons. The minimum atomic E-state index is -0.0290. The van der Waals surface area contributed by atoms with E-state index in [1.165, 1.54) is 0 Å². The number of hydrogen-bond acceptors (Lipinski definition) is 5. The molecule has 1 aromatic carbocycles. The number of hydrogen-bond donors (Lipinski definition) is 0. The SMILES string of the molecule is COc1cc(OC)cc(OCC(=O)c2cc(C)sc2C)c1. The average molecular weight is 306 g/mol. The van der Waals surface area contributed by atoms with Crippen molar-refractivity contribution in [1.29, 1.82) is 0 Å². The van der Waals surface area contributed by atoms with Crippen molar-refractivity contribution in [3.8, 4) is 17.2 Å². The van der Waals surface area contributed by atoms with E-state index in [-0.39, 0.29) is 12.4 Å². The quantitative estimate of drug-likeness (QED) is 0.764. The first-order chi connectivity index (χ1) is 10.0. The number of ether oxygens (including phenoxy) is 3. The van der Waals surface area contributed by atoms with Crippen molar-refractivity contribution in [3.05, 3.63) is 39.6 Å². The Hall–Kier alpha value is -2.01. The van der Waals surface area contributed by atoms with Crippen molar-refractivity contribution >= 4 is 17.1 Å². The molecule has 0 fully saturated rings. The topological polar surface area (TPSA) is 44.8 Å². The Balaban J connectivity index is 2.09. The van der Waals surface area contributed by atoms with Gasteiger partial charge in [0, 0.05) is 33.5 Å². The van der Waals surface area contributed by atoms with Gasteiger partial charge < -0.3 is 14.2 Å². The van der Waals surface area contributed by atoms with Crippen molar-refractivity contribution in [2.24, 2.45) is 0 Å². The summed E-state index contributed by atoms with van der Waals surface area (Å²) in [5.41, 5.74) is 0.729. The van der Waals surface area contributed by atoms with E-state index in [9.17, 15) is 4.79 Å². The lowest BCUT2D eigenvalue weighted by Crippen LogP contribution is -2.11.